The number of hydrogen-bond donors (Lipinski definition) is 3. The third-order valence-corrected chi connectivity index (χ3v) is 5.84. The quantitative estimate of drug-likeness (QED) is 0.456. The highest BCUT2D eigenvalue weighted by Gasteiger charge is 2.24. The first-order chi connectivity index (χ1) is 16.8. The molecule has 0 saturated heterocycles. The molecular weight excluding hydrogens is 448 g/mol. The van der Waals surface area contributed by atoms with Gasteiger partial charge in [-0.2, -0.15) is 0 Å². The summed E-state index contributed by atoms with van der Waals surface area (Å²) in [5, 5.41) is 21.7. The molecule has 1 aliphatic rings. The van der Waals surface area contributed by atoms with Crippen molar-refractivity contribution in [2.75, 3.05) is 30.4 Å². The smallest absolute Gasteiger partial charge is 0.307 e. The van der Waals surface area contributed by atoms with Crippen LogP contribution < -0.4 is 19.7 Å². The molecule has 0 radical (unpaired) electrons. The number of aliphatic hydroxyl groups is 1. The zero-order chi connectivity index (χ0) is 24.9. The number of carbonyl (C=O) groups excluding carboxylic acids is 1. The standard InChI is InChI=1S/C27H28N2O6/c1-17-10-25(34-16-21-14-29(2)23-8-3-4-9-24(23)35-21)19(15-30)13-22(17)27(33)28-20-7-5-6-18(11-20)12-26(31)32/h3-11,13,21,30H,12,14-16H2,1-2H3,(H,28,33)(H,31,32)/t21-/m0/s1. The molecule has 0 bridgehead atoms. The van der Waals surface area contributed by atoms with Gasteiger partial charge in [0.1, 0.15) is 24.2 Å². The maximum atomic E-state index is 12.9. The Kier molecular flexibility index (Phi) is 7.22. The molecule has 8 nitrogen and oxygen atoms in total. The second-order valence-corrected chi connectivity index (χ2v) is 8.56. The lowest BCUT2D eigenvalue weighted by atomic mass is 10.0. The molecule has 0 fully saturated rings. The molecule has 1 atom stereocenters. The van der Waals surface area contributed by atoms with Gasteiger partial charge in [-0.15, -0.1) is 0 Å². The van der Waals surface area contributed by atoms with E-state index < -0.39 is 5.97 Å². The molecule has 3 N–H and O–H groups in total. The van der Waals surface area contributed by atoms with Gasteiger partial charge in [0, 0.05) is 23.9 Å². The van der Waals surface area contributed by atoms with Crippen LogP contribution in [0.5, 0.6) is 11.5 Å². The molecule has 35 heavy (non-hydrogen) atoms. The second-order valence-electron chi connectivity index (χ2n) is 8.56. The van der Waals surface area contributed by atoms with E-state index in [0.717, 1.165) is 11.4 Å². The molecule has 3 aromatic carbocycles. The van der Waals surface area contributed by atoms with E-state index in [1.54, 1.807) is 43.3 Å². The molecule has 1 amide bonds. The minimum Gasteiger partial charge on any atom is -0.489 e. The van der Waals surface area contributed by atoms with Gasteiger partial charge < -0.3 is 29.9 Å². The van der Waals surface area contributed by atoms with Crippen LogP contribution in [0, 0.1) is 6.92 Å². The van der Waals surface area contributed by atoms with Crippen LogP contribution >= 0.6 is 0 Å². The summed E-state index contributed by atoms with van der Waals surface area (Å²) in [5.74, 6) is -0.00461. The van der Waals surface area contributed by atoms with Gasteiger partial charge in [-0.3, -0.25) is 9.59 Å². The predicted molar refractivity (Wildman–Crippen MR) is 132 cm³/mol. The minimum atomic E-state index is -0.943. The van der Waals surface area contributed by atoms with E-state index >= 15 is 0 Å². The number of hydrogen-bond acceptors (Lipinski definition) is 6. The summed E-state index contributed by atoms with van der Waals surface area (Å²) in [5.41, 5.74) is 3.68. The van der Waals surface area contributed by atoms with E-state index in [-0.39, 0.29) is 31.6 Å². The van der Waals surface area contributed by atoms with Gasteiger partial charge in [0.2, 0.25) is 0 Å². The highest BCUT2D eigenvalue weighted by Crippen LogP contribution is 2.32. The van der Waals surface area contributed by atoms with E-state index in [2.05, 4.69) is 10.2 Å². The van der Waals surface area contributed by atoms with Gasteiger partial charge in [0.05, 0.1) is 25.3 Å². The molecule has 0 unspecified atom stereocenters. The summed E-state index contributed by atoms with van der Waals surface area (Å²) in [6.45, 7) is 2.45. The van der Waals surface area contributed by atoms with Gasteiger partial charge in [-0.25, -0.2) is 0 Å². The van der Waals surface area contributed by atoms with Crippen molar-refractivity contribution in [1.82, 2.24) is 0 Å². The van der Waals surface area contributed by atoms with Crippen LogP contribution in [-0.2, 0) is 17.8 Å². The van der Waals surface area contributed by atoms with Crippen molar-refractivity contribution in [2.24, 2.45) is 0 Å². The summed E-state index contributed by atoms with van der Waals surface area (Å²) in [4.78, 5) is 26.0. The number of rotatable bonds is 8. The Morgan fingerprint density at radius 1 is 1.14 bits per heavy atom. The highest BCUT2D eigenvalue weighted by atomic mass is 16.5. The van der Waals surface area contributed by atoms with Crippen LogP contribution in [0.1, 0.15) is 27.0 Å². The number of benzene rings is 3. The number of anilines is 2. The normalized spacial score (nSPS) is 14.6. The predicted octanol–water partition coefficient (Wildman–Crippen LogP) is 3.64. The zero-order valence-electron chi connectivity index (χ0n) is 19.7. The summed E-state index contributed by atoms with van der Waals surface area (Å²) in [7, 11) is 2.00. The molecule has 0 saturated carbocycles. The first kappa shape index (κ1) is 24.1. The van der Waals surface area contributed by atoms with Gasteiger partial charge in [-0.05, 0) is 54.4 Å². The zero-order valence-corrected chi connectivity index (χ0v) is 19.7. The summed E-state index contributed by atoms with van der Waals surface area (Å²) in [6.07, 6.45) is -0.321. The second kappa shape index (κ2) is 10.5. The molecule has 8 heteroatoms. The number of fused-ring (bicyclic) bond motifs is 1. The van der Waals surface area contributed by atoms with Crippen molar-refractivity contribution in [3.8, 4) is 11.5 Å². The number of carbonyl (C=O) groups is 2. The van der Waals surface area contributed by atoms with E-state index in [1.807, 2.05) is 31.3 Å². The van der Waals surface area contributed by atoms with Crippen LogP contribution in [-0.4, -0.2) is 48.4 Å². The number of para-hydroxylation sites is 2. The number of aliphatic carboxylic acids is 1. The molecule has 0 spiro atoms. The number of carboxylic acid groups (broad SMARTS) is 1. The van der Waals surface area contributed by atoms with Crippen LogP contribution in [0.4, 0.5) is 11.4 Å². The SMILES string of the molecule is Cc1cc(OC[C@@H]2CN(C)c3ccccc3O2)c(CO)cc1C(=O)Nc1cccc(CC(=O)O)c1. The number of likely N-dealkylation sites (N-methyl/N-ethyl adjacent to an activating group) is 1. The topological polar surface area (TPSA) is 108 Å². The monoisotopic (exact) mass is 476 g/mol. The van der Waals surface area contributed by atoms with E-state index in [0.29, 0.717) is 40.2 Å². The Bertz CT molecular complexity index is 1240. The number of carboxylic acids is 1. The third kappa shape index (κ3) is 5.73. The highest BCUT2D eigenvalue weighted by molar-refractivity contribution is 6.05. The number of aryl methyl sites for hydroxylation is 1. The molecule has 0 aliphatic carbocycles. The fourth-order valence-corrected chi connectivity index (χ4v) is 4.12. The molecule has 1 heterocycles. The van der Waals surface area contributed by atoms with E-state index in [1.165, 1.54) is 0 Å². The van der Waals surface area contributed by atoms with Gasteiger partial charge >= 0.3 is 5.97 Å². The minimum absolute atomic E-state index is 0.129. The molecule has 182 valence electrons. The Labute approximate surface area is 203 Å². The van der Waals surface area contributed by atoms with Crippen molar-refractivity contribution < 1.29 is 29.3 Å². The lowest BCUT2D eigenvalue weighted by molar-refractivity contribution is -0.136. The molecule has 0 aromatic heterocycles. The van der Waals surface area contributed by atoms with Gasteiger partial charge in [-0.1, -0.05) is 24.3 Å². The Hall–Kier alpha value is -4.04. The van der Waals surface area contributed by atoms with E-state index in [9.17, 15) is 14.7 Å². The number of ether oxygens (including phenoxy) is 2. The van der Waals surface area contributed by atoms with Crippen LogP contribution in [0.2, 0.25) is 0 Å². The largest absolute Gasteiger partial charge is 0.489 e. The summed E-state index contributed by atoms with van der Waals surface area (Å²) in [6, 6.07) is 17.9. The lowest BCUT2D eigenvalue weighted by Crippen LogP contribution is -2.41. The number of amides is 1. The molecule has 1 aliphatic heterocycles. The Morgan fingerprint density at radius 3 is 2.71 bits per heavy atom. The molecule has 4 rings (SSSR count). The van der Waals surface area contributed by atoms with Crippen molar-refractivity contribution in [3.05, 3.63) is 82.9 Å². The fraction of sp³-hybridized carbons (Fsp3) is 0.259. The molecular formula is C27H28N2O6. The molecule has 3 aromatic rings. The summed E-state index contributed by atoms with van der Waals surface area (Å²) < 4.78 is 12.1. The number of nitrogens with zero attached hydrogens (tertiary/aromatic N) is 1. The lowest BCUT2D eigenvalue weighted by Gasteiger charge is -2.33. The number of nitrogens with one attached hydrogen (secondary N) is 1. The summed E-state index contributed by atoms with van der Waals surface area (Å²) >= 11 is 0. The van der Waals surface area contributed by atoms with Crippen molar-refractivity contribution in [3.63, 3.8) is 0 Å². The van der Waals surface area contributed by atoms with E-state index in [4.69, 9.17) is 14.6 Å². The van der Waals surface area contributed by atoms with Crippen molar-refractivity contribution in [2.45, 2.75) is 26.1 Å². The maximum absolute atomic E-state index is 12.9. The first-order valence-corrected chi connectivity index (χ1v) is 11.3. The van der Waals surface area contributed by atoms with Crippen LogP contribution in [0.15, 0.2) is 60.7 Å². The Morgan fingerprint density at radius 2 is 1.94 bits per heavy atom. The van der Waals surface area contributed by atoms with Crippen LogP contribution in [0.3, 0.4) is 0 Å². The van der Waals surface area contributed by atoms with Gasteiger partial charge in [0.25, 0.3) is 5.91 Å². The van der Waals surface area contributed by atoms with Crippen molar-refractivity contribution >= 4 is 23.3 Å². The maximum Gasteiger partial charge on any atom is 0.307 e. The van der Waals surface area contributed by atoms with Crippen LogP contribution in [0.25, 0.3) is 0 Å². The third-order valence-electron chi connectivity index (χ3n) is 5.84. The number of aliphatic hydroxyl groups excluding tert-OH is 1. The first-order valence-electron chi connectivity index (χ1n) is 11.3. The average Bonchev–Trinajstić information content (AvgIpc) is 2.82. The average molecular weight is 477 g/mol. The Balaban J connectivity index is 1.45. The van der Waals surface area contributed by atoms with Gasteiger partial charge in [0.15, 0.2) is 0 Å². The fourth-order valence-electron chi connectivity index (χ4n) is 4.12. The van der Waals surface area contributed by atoms with Crippen molar-refractivity contribution in [1.29, 1.82) is 0 Å².